The van der Waals surface area contributed by atoms with Crippen LogP contribution < -0.4 is 20.1 Å². The molecule has 2 aromatic carbocycles. The Bertz CT molecular complexity index is 1580. The molecule has 0 unspecified atom stereocenters. The van der Waals surface area contributed by atoms with E-state index in [4.69, 9.17) is 30.5 Å². The Kier molecular flexibility index (Phi) is 13.6. The number of carbonyl (C=O) groups is 1. The number of nitrogens with two attached hydrogens (primary N) is 1. The van der Waals surface area contributed by atoms with Gasteiger partial charge in [-0.3, -0.25) is 14.3 Å². The molecule has 0 amide bonds. The zero-order valence-electron chi connectivity index (χ0n) is 26.2. The molecule has 4 N–H and O–H groups in total. The molecule has 0 aliphatic heterocycles. The van der Waals surface area contributed by atoms with Crippen molar-refractivity contribution in [3.8, 4) is 5.75 Å². The monoisotopic (exact) mass is 683 g/mol. The fraction of sp³-hybridized carbons (Fsp3) is 0.467. The van der Waals surface area contributed by atoms with E-state index in [2.05, 4.69) is 27.2 Å². The van der Waals surface area contributed by atoms with Crippen molar-refractivity contribution in [1.82, 2.24) is 15.0 Å². The zero-order chi connectivity index (χ0) is 33.2. The van der Waals surface area contributed by atoms with Crippen molar-refractivity contribution < 1.29 is 31.6 Å². The van der Waals surface area contributed by atoms with Gasteiger partial charge in [0.2, 0.25) is 10.0 Å². The van der Waals surface area contributed by atoms with E-state index in [-0.39, 0.29) is 29.4 Å². The zero-order valence-corrected chi connectivity index (χ0v) is 28.7. The third-order valence-corrected chi connectivity index (χ3v) is 9.61. The van der Waals surface area contributed by atoms with Crippen LogP contribution in [0.15, 0.2) is 59.6 Å². The molecule has 3 rings (SSSR count). The molecule has 3 atom stereocenters. The first-order valence-corrected chi connectivity index (χ1v) is 18.2. The van der Waals surface area contributed by atoms with Crippen molar-refractivity contribution in [3.05, 3.63) is 59.8 Å². The number of carbonyl (C=O) groups excluding carboxylic acids is 1. The minimum atomic E-state index is -4.10. The third-order valence-electron chi connectivity index (χ3n) is 6.77. The Balaban J connectivity index is 1.57. The summed E-state index contributed by atoms with van der Waals surface area (Å²) in [6, 6.07) is 11.9. The van der Waals surface area contributed by atoms with Gasteiger partial charge in [-0.2, -0.15) is 5.09 Å². The SMILES string of the molecule is CCN(CCC[C@@H](C)Nc1ccnc2cc(Cl)ccc12)CCO[P@@](=O)(N[C@@H](C)C(=O)OC(C)C)Oc1ccc(S(N)(=O)=O)cc1. The normalized spacial score (nSPS) is 14.7. The first kappa shape index (κ1) is 36.7. The maximum atomic E-state index is 13.8. The minimum absolute atomic E-state index is 0.0404. The van der Waals surface area contributed by atoms with E-state index in [0.717, 1.165) is 42.5 Å². The van der Waals surface area contributed by atoms with Gasteiger partial charge < -0.3 is 19.5 Å². The van der Waals surface area contributed by atoms with Crippen LogP contribution in [0.3, 0.4) is 0 Å². The van der Waals surface area contributed by atoms with E-state index in [0.29, 0.717) is 11.6 Å². The lowest BCUT2D eigenvalue weighted by atomic mass is 10.1. The first-order chi connectivity index (χ1) is 21.2. The number of benzene rings is 2. The topological polar surface area (TPSA) is 162 Å². The fourth-order valence-electron chi connectivity index (χ4n) is 4.47. The molecule has 15 heteroatoms. The molecular formula is C30H43ClN5O7PS. The molecule has 1 heterocycles. The number of nitrogens with one attached hydrogen (secondary N) is 2. The van der Waals surface area contributed by atoms with Gasteiger partial charge in [-0.25, -0.2) is 18.1 Å². The number of pyridine rings is 1. The van der Waals surface area contributed by atoms with Gasteiger partial charge in [-0.05, 0) is 102 Å². The van der Waals surface area contributed by atoms with Crippen LogP contribution in [0, 0.1) is 0 Å². The van der Waals surface area contributed by atoms with Gasteiger partial charge in [0.05, 0.1) is 23.1 Å². The Labute approximate surface area is 270 Å². The molecule has 0 bridgehead atoms. The van der Waals surface area contributed by atoms with E-state index >= 15 is 0 Å². The van der Waals surface area contributed by atoms with Crippen molar-refractivity contribution in [2.75, 3.05) is 31.6 Å². The summed E-state index contributed by atoms with van der Waals surface area (Å²) in [6.07, 6.45) is 3.20. The second-order valence-electron chi connectivity index (χ2n) is 10.9. The predicted octanol–water partition coefficient (Wildman–Crippen LogP) is 5.57. The number of nitrogens with zero attached hydrogens (tertiary/aromatic N) is 2. The molecule has 248 valence electrons. The van der Waals surface area contributed by atoms with E-state index in [1.807, 2.05) is 31.2 Å². The first-order valence-electron chi connectivity index (χ1n) is 14.8. The number of fused-ring (bicyclic) bond motifs is 1. The fourth-order valence-corrected chi connectivity index (χ4v) is 6.63. The number of primary sulfonamides is 1. The molecule has 0 saturated heterocycles. The Morgan fingerprint density at radius 3 is 2.44 bits per heavy atom. The summed E-state index contributed by atoms with van der Waals surface area (Å²) in [5, 5.41) is 13.0. The molecule has 0 aliphatic rings. The summed E-state index contributed by atoms with van der Waals surface area (Å²) in [4.78, 5) is 18.8. The summed E-state index contributed by atoms with van der Waals surface area (Å²) >= 11 is 6.11. The predicted molar refractivity (Wildman–Crippen MR) is 177 cm³/mol. The van der Waals surface area contributed by atoms with Gasteiger partial charge in [0.15, 0.2) is 0 Å². The molecular weight excluding hydrogens is 641 g/mol. The van der Waals surface area contributed by atoms with Crippen LogP contribution in [-0.4, -0.2) is 68.7 Å². The summed E-state index contributed by atoms with van der Waals surface area (Å²) in [6.45, 7) is 11.1. The van der Waals surface area contributed by atoms with E-state index in [1.165, 1.54) is 31.2 Å². The van der Waals surface area contributed by atoms with Crippen LogP contribution in [0.2, 0.25) is 5.02 Å². The van der Waals surface area contributed by atoms with Gasteiger partial charge in [-0.15, -0.1) is 0 Å². The number of hydrogen-bond acceptors (Lipinski definition) is 10. The molecule has 0 fully saturated rings. The molecule has 1 aromatic heterocycles. The average Bonchev–Trinajstić information content (AvgIpc) is 2.95. The molecule has 12 nitrogen and oxygen atoms in total. The maximum Gasteiger partial charge on any atom is 0.459 e. The number of aromatic nitrogens is 1. The highest BCUT2D eigenvalue weighted by atomic mass is 35.5. The number of likely N-dealkylation sites (N-methyl/N-ethyl adjacent to an activating group) is 1. The van der Waals surface area contributed by atoms with Crippen LogP contribution in [0.25, 0.3) is 10.9 Å². The summed E-state index contributed by atoms with van der Waals surface area (Å²) in [5.74, 6) is -0.551. The van der Waals surface area contributed by atoms with Crippen LogP contribution in [0.1, 0.15) is 47.5 Å². The van der Waals surface area contributed by atoms with Gasteiger partial charge in [0, 0.05) is 34.9 Å². The van der Waals surface area contributed by atoms with E-state index in [9.17, 15) is 17.8 Å². The highest BCUT2D eigenvalue weighted by molar-refractivity contribution is 7.89. The van der Waals surface area contributed by atoms with Crippen molar-refractivity contribution in [2.24, 2.45) is 5.14 Å². The minimum Gasteiger partial charge on any atom is -0.462 e. The molecule has 0 aliphatic carbocycles. The molecule has 45 heavy (non-hydrogen) atoms. The van der Waals surface area contributed by atoms with E-state index < -0.39 is 29.8 Å². The van der Waals surface area contributed by atoms with Gasteiger partial charge in [-0.1, -0.05) is 18.5 Å². The van der Waals surface area contributed by atoms with Crippen LogP contribution >= 0.6 is 19.3 Å². The number of ether oxygens (including phenoxy) is 1. The molecule has 0 radical (unpaired) electrons. The van der Waals surface area contributed by atoms with Gasteiger partial charge in [0.1, 0.15) is 11.8 Å². The average molecular weight is 684 g/mol. The van der Waals surface area contributed by atoms with Crippen molar-refractivity contribution in [2.45, 2.75) is 70.5 Å². The number of esters is 1. The highest BCUT2D eigenvalue weighted by Crippen LogP contribution is 2.45. The van der Waals surface area contributed by atoms with Gasteiger partial charge >= 0.3 is 13.7 Å². The van der Waals surface area contributed by atoms with Crippen molar-refractivity contribution in [3.63, 3.8) is 0 Å². The summed E-state index contributed by atoms with van der Waals surface area (Å²) in [7, 11) is -8.02. The lowest BCUT2D eigenvalue weighted by Crippen LogP contribution is -2.37. The van der Waals surface area contributed by atoms with E-state index in [1.54, 1.807) is 20.0 Å². The standard InChI is InChI=1S/C30H43ClN5O7PS/c1-6-36(17-7-8-22(4)34-28-15-16-33-29-20-24(31)9-14-27(28)29)18-19-41-44(38,35-23(5)30(37)42-21(2)3)43-25-10-12-26(13-11-25)45(32,39)40/h9-16,20-23H,6-8,17-19H2,1-5H3,(H,33,34)(H,35,38)(H2,32,39,40)/t22-,23+,44+/m1/s1. The number of sulfonamides is 1. The smallest absolute Gasteiger partial charge is 0.459 e. The highest BCUT2D eigenvalue weighted by Gasteiger charge is 2.32. The number of hydrogen-bond donors (Lipinski definition) is 3. The molecule has 3 aromatic rings. The number of anilines is 1. The second kappa shape index (κ2) is 16.7. The third kappa shape index (κ3) is 11.8. The van der Waals surface area contributed by atoms with Gasteiger partial charge in [0.25, 0.3) is 0 Å². The summed E-state index contributed by atoms with van der Waals surface area (Å²) in [5.41, 5.74) is 1.83. The lowest BCUT2D eigenvalue weighted by molar-refractivity contribution is -0.149. The summed E-state index contributed by atoms with van der Waals surface area (Å²) < 4.78 is 53.6. The van der Waals surface area contributed by atoms with Crippen molar-refractivity contribution in [1.29, 1.82) is 0 Å². The number of halogens is 1. The van der Waals surface area contributed by atoms with Crippen molar-refractivity contribution >= 4 is 51.9 Å². The Morgan fingerprint density at radius 2 is 1.80 bits per heavy atom. The number of rotatable bonds is 18. The second-order valence-corrected chi connectivity index (χ2v) is 14.6. The molecule has 0 saturated carbocycles. The Hall–Kier alpha value is -2.77. The van der Waals surface area contributed by atoms with Crippen LogP contribution in [-0.2, 0) is 28.6 Å². The Morgan fingerprint density at radius 1 is 1.09 bits per heavy atom. The maximum absolute atomic E-state index is 13.8. The quantitative estimate of drug-likeness (QED) is 0.113. The lowest BCUT2D eigenvalue weighted by Gasteiger charge is -2.25. The van der Waals surface area contributed by atoms with Crippen LogP contribution in [0.4, 0.5) is 5.69 Å². The largest absolute Gasteiger partial charge is 0.462 e. The molecule has 0 spiro atoms. The van der Waals surface area contributed by atoms with Crippen LogP contribution in [0.5, 0.6) is 5.75 Å².